The Morgan fingerprint density at radius 2 is 2.23 bits per heavy atom. The first-order chi connectivity index (χ1) is 10.4. The minimum Gasteiger partial charge on any atom is -0.504 e. The van der Waals surface area contributed by atoms with E-state index in [4.69, 9.17) is 16.4 Å². The van der Waals surface area contributed by atoms with Gasteiger partial charge in [-0.2, -0.15) is 0 Å². The lowest BCUT2D eigenvalue weighted by molar-refractivity contribution is 0.0701. The van der Waals surface area contributed by atoms with Crippen molar-refractivity contribution >= 4 is 23.0 Å². The molecule has 114 valence electrons. The molecule has 2 rings (SSSR count). The van der Waals surface area contributed by atoms with Gasteiger partial charge in [-0.25, -0.2) is 14.6 Å². The van der Waals surface area contributed by atoms with Crippen LogP contribution in [-0.2, 0) is 0 Å². The summed E-state index contributed by atoms with van der Waals surface area (Å²) < 4.78 is 5.62. The van der Waals surface area contributed by atoms with Gasteiger partial charge in [0, 0.05) is 5.56 Å². The fourth-order valence-corrected chi connectivity index (χ4v) is 2.74. The molecule has 0 bridgehead atoms. The average molecular weight is 318 g/mol. The summed E-state index contributed by atoms with van der Waals surface area (Å²) in [6.07, 6.45) is 0. The second-order valence-corrected chi connectivity index (χ2v) is 6.24. The number of ether oxygens (including phenoxy) is 1. The van der Waals surface area contributed by atoms with Gasteiger partial charge in [0.25, 0.3) is 0 Å². The van der Waals surface area contributed by atoms with E-state index in [0.29, 0.717) is 34.7 Å². The fraction of sp³-hybridized carbons (Fsp3) is 0.312. The summed E-state index contributed by atoms with van der Waals surface area (Å²) in [5.74, 6) is -0.0688. The number of rotatable bonds is 5. The van der Waals surface area contributed by atoms with Crippen molar-refractivity contribution in [2.45, 2.75) is 20.8 Å². The Kier molecular flexibility index (Phi) is 4.78. The highest BCUT2D eigenvalue weighted by Crippen LogP contribution is 2.35. The van der Waals surface area contributed by atoms with Crippen molar-refractivity contribution in [3.8, 4) is 16.3 Å². The number of hydrogen-bond acceptors (Lipinski definition) is 4. The Balaban J connectivity index is 2.35. The van der Waals surface area contributed by atoms with Crippen LogP contribution in [0.1, 0.15) is 29.2 Å². The number of carbonyl (C=O) groups is 1. The van der Waals surface area contributed by atoms with Crippen molar-refractivity contribution in [3.63, 3.8) is 0 Å². The number of carboxylic acid groups (broad SMARTS) is 1. The molecule has 1 N–H and O–H groups in total. The van der Waals surface area contributed by atoms with Crippen LogP contribution in [-0.4, -0.2) is 22.7 Å². The lowest BCUT2D eigenvalue weighted by Gasteiger charge is -2.10. The molecule has 0 radical (unpaired) electrons. The minimum atomic E-state index is -0.983. The minimum absolute atomic E-state index is 0.222. The number of benzene rings is 1. The van der Waals surface area contributed by atoms with Gasteiger partial charge in [0.2, 0.25) is 5.69 Å². The number of carboxylic acids is 1. The zero-order valence-electron chi connectivity index (χ0n) is 12.6. The summed E-state index contributed by atoms with van der Waals surface area (Å²) in [5.41, 5.74) is 1.61. The van der Waals surface area contributed by atoms with E-state index in [2.05, 4.69) is 9.83 Å². The molecule has 1 aromatic heterocycles. The lowest BCUT2D eigenvalue weighted by Crippen LogP contribution is -2.04. The van der Waals surface area contributed by atoms with Gasteiger partial charge in [0.1, 0.15) is 15.6 Å². The number of thiazole rings is 1. The highest BCUT2D eigenvalue weighted by molar-refractivity contribution is 7.17. The standard InChI is InChI=1S/C16H16N2O3S/c1-9(2)8-21-13-6-5-11(7-12(13)17-4)15-18-10(3)14(22-15)16(19)20/h5-7,9H,8H2,1-3H3,(H,19,20)/i16+2. The maximum atomic E-state index is 11.1. The molecule has 5 nitrogen and oxygen atoms in total. The van der Waals surface area contributed by atoms with Crippen molar-refractivity contribution in [2.75, 3.05) is 6.61 Å². The fourth-order valence-electron chi connectivity index (χ4n) is 1.83. The molecular formula is C16H16N2O3S. The number of nitrogens with zero attached hydrogens (tertiary/aromatic N) is 2. The van der Waals surface area contributed by atoms with Crippen molar-refractivity contribution in [1.82, 2.24) is 4.98 Å². The van der Waals surface area contributed by atoms with Crippen molar-refractivity contribution < 1.29 is 14.6 Å². The third-order valence-electron chi connectivity index (χ3n) is 2.89. The Morgan fingerprint density at radius 3 is 2.77 bits per heavy atom. The van der Waals surface area contributed by atoms with Crippen LogP contribution < -0.4 is 4.74 Å². The van der Waals surface area contributed by atoms with Crippen LogP contribution in [0.2, 0.25) is 0 Å². The average Bonchev–Trinajstić information content (AvgIpc) is 2.87. The molecule has 22 heavy (non-hydrogen) atoms. The summed E-state index contributed by atoms with van der Waals surface area (Å²) in [4.78, 5) is 19.1. The van der Waals surface area contributed by atoms with E-state index in [1.54, 1.807) is 25.1 Å². The van der Waals surface area contributed by atoms with Crippen LogP contribution >= 0.6 is 11.3 Å². The molecule has 0 amide bonds. The number of aromatic nitrogens is 1. The van der Waals surface area contributed by atoms with Crippen LogP contribution in [0.3, 0.4) is 0 Å². The normalized spacial score (nSPS) is 10.5. The topological polar surface area (TPSA) is 63.8 Å². The molecule has 2 aromatic rings. The van der Waals surface area contributed by atoms with E-state index in [-0.39, 0.29) is 4.88 Å². The number of aromatic carboxylic acids is 1. The van der Waals surface area contributed by atoms with Crippen LogP contribution in [0, 0.1) is 19.4 Å². The summed E-state index contributed by atoms with van der Waals surface area (Å²) in [7, 11) is 0. The molecule has 0 aliphatic carbocycles. The highest BCUT2D eigenvalue weighted by Gasteiger charge is 2.16. The first kappa shape index (κ1) is 16.0. The summed E-state index contributed by atoms with van der Waals surface area (Å²) >= 11 is 1.11. The van der Waals surface area contributed by atoms with Crippen molar-refractivity contribution in [2.24, 2.45) is 5.92 Å². The Morgan fingerprint density at radius 1 is 1.50 bits per heavy atom. The molecular weight excluding hydrogens is 302 g/mol. The molecule has 1 heterocycles. The Hall–Kier alpha value is -2.39. The van der Waals surface area contributed by atoms with Gasteiger partial charge in [0.05, 0.1) is 18.9 Å². The van der Waals surface area contributed by atoms with E-state index in [1.165, 1.54) is 0 Å². The van der Waals surface area contributed by atoms with Crippen molar-refractivity contribution in [1.29, 1.82) is 0 Å². The number of hydrogen-bond donors (Lipinski definition) is 1. The van der Waals surface area contributed by atoms with E-state index < -0.39 is 5.97 Å². The van der Waals surface area contributed by atoms with Crippen LogP contribution in [0.4, 0.5) is 5.69 Å². The van der Waals surface area contributed by atoms with E-state index >= 15 is 0 Å². The molecule has 0 spiro atoms. The van der Waals surface area contributed by atoms with Gasteiger partial charge in [-0.05, 0) is 25.0 Å². The van der Waals surface area contributed by atoms with Gasteiger partial charge in [-0.1, -0.05) is 19.9 Å². The first-order valence-electron chi connectivity index (χ1n) is 6.77. The molecule has 0 aliphatic rings. The Labute approximate surface area is 133 Å². The molecule has 0 fully saturated rings. The Bertz CT molecular complexity index is 744. The van der Waals surface area contributed by atoms with E-state index in [1.807, 2.05) is 13.8 Å². The molecule has 1 aromatic carbocycles. The quantitative estimate of drug-likeness (QED) is 0.830. The second-order valence-electron chi connectivity index (χ2n) is 5.24. The smallest absolute Gasteiger partial charge is 0.347 e. The van der Waals surface area contributed by atoms with Gasteiger partial charge in [0.15, 0.2) is 0 Å². The number of aryl methyl sites for hydroxylation is 1. The molecule has 0 aliphatic heterocycles. The molecule has 0 saturated carbocycles. The van der Waals surface area contributed by atoms with E-state index in [0.717, 1.165) is 16.9 Å². The van der Waals surface area contributed by atoms with Crippen molar-refractivity contribution in [3.05, 3.63) is 40.2 Å². The predicted molar refractivity (Wildman–Crippen MR) is 85.8 cm³/mol. The SMILES string of the molecule is [C-]#[N+]c1cc(-c2nc(C)c([14C](=O)O)s2)ccc1OCC(C)C. The summed E-state index contributed by atoms with van der Waals surface area (Å²) in [5, 5.41) is 9.69. The monoisotopic (exact) mass is 318 g/mol. The lowest BCUT2D eigenvalue weighted by atomic mass is 10.2. The van der Waals surface area contributed by atoms with Gasteiger partial charge >= 0.3 is 5.97 Å². The third-order valence-corrected chi connectivity index (χ3v) is 4.08. The van der Waals surface area contributed by atoms with Gasteiger partial charge in [-0.15, -0.1) is 11.3 Å². The van der Waals surface area contributed by atoms with E-state index in [9.17, 15) is 4.79 Å². The highest BCUT2D eigenvalue weighted by atomic mass is 32.1. The van der Waals surface area contributed by atoms with Gasteiger partial charge in [-0.3, -0.25) is 0 Å². The van der Waals surface area contributed by atoms with Gasteiger partial charge < -0.3 is 9.84 Å². The molecule has 6 heteroatoms. The maximum Gasteiger partial charge on any atom is 0.347 e. The second kappa shape index (κ2) is 6.58. The van der Waals surface area contributed by atoms with Crippen LogP contribution in [0.5, 0.6) is 5.75 Å². The third kappa shape index (κ3) is 3.43. The predicted octanol–water partition coefficient (Wildman–Crippen LogP) is 4.40. The summed E-state index contributed by atoms with van der Waals surface area (Å²) in [6, 6.07) is 5.23. The van der Waals surface area contributed by atoms with Crippen LogP contribution in [0.15, 0.2) is 18.2 Å². The zero-order valence-corrected chi connectivity index (χ0v) is 13.4. The largest absolute Gasteiger partial charge is 0.504 e. The maximum absolute atomic E-state index is 11.1. The molecule has 0 atom stereocenters. The molecule has 0 unspecified atom stereocenters. The van der Waals surface area contributed by atoms with Crippen LogP contribution in [0.25, 0.3) is 15.4 Å². The zero-order chi connectivity index (χ0) is 16.3. The molecule has 0 saturated heterocycles. The first-order valence-corrected chi connectivity index (χ1v) is 7.59. The summed E-state index contributed by atoms with van der Waals surface area (Å²) in [6.45, 7) is 13.6.